The Hall–Kier alpha value is -2.15. The third kappa shape index (κ3) is 2.74. The van der Waals surface area contributed by atoms with Gasteiger partial charge in [0.15, 0.2) is 0 Å². The molecule has 0 aromatic carbocycles. The second-order valence-corrected chi connectivity index (χ2v) is 8.41. The first-order valence-corrected chi connectivity index (χ1v) is 10.1. The van der Waals surface area contributed by atoms with Crippen molar-refractivity contribution in [1.82, 2.24) is 19.1 Å². The number of aromatic nitrogens is 3. The van der Waals surface area contributed by atoms with Gasteiger partial charge in [-0.3, -0.25) is 14.0 Å². The van der Waals surface area contributed by atoms with Crippen LogP contribution in [0.3, 0.4) is 0 Å². The lowest BCUT2D eigenvalue weighted by Crippen LogP contribution is -2.46. The van der Waals surface area contributed by atoms with E-state index in [0.29, 0.717) is 11.6 Å². The number of rotatable bonds is 3. The topological polar surface area (TPSA) is 59.6 Å². The fraction of sp³-hybridized carbons (Fsp3) is 0.526. The van der Waals surface area contributed by atoms with Crippen LogP contribution in [0.1, 0.15) is 43.3 Å². The summed E-state index contributed by atoms with van der Waals surface area (Å²) >= 11 is 1.67. The van der Waals surface area contributed by atoms with Crippen molar-refractivity contribution in [3.63, 3.8) is 0 Å². The zero-order valence-corrected chi connectivity index (χ0v) is 16.3. The van der Waals surface area contributed by atoms with Gasteiger partial charge in [-0.05, 0) is 51.7 Å². The van der Waals surface area contributed by atoms with E-state index >= 15 is 0 Å². The highest BCUT2D eigenvalue weighted by Crippen LogP contribution is 2.28. The number of carbonyl (C=O) groups excluding carboxylic acids is 1. The summed E-state index contributed by atoms with van der Waals surface area (Å²) in [6.07, 6.45) is 4.22. The molecule has 4 heterocycles. The van der Waals surface area contributed by atoms with Gasteiger partial charge in [-0.2, -0.15) is 5.10 Å². The molecule has 7 heteroatoms. The molecule has 26 heavy (non-hydrogen) atoms. The number of hydrogen-bond acceptors (Lipinski definition) is 4. The van der Waals surface area contributed by atoms with Crippen molar-refractivity contribution in [2.75, 3.05) is 6.54 Å². The number of carbonyl (C=O) groups is 1. The monoisotopic (exact) mass is 372 g/mol. The Morgan fingerprint density at radius 3 is 2.85 bits per heavy atom. The molecular formula is C19H24N4O2S. The van der Waals surface area contributed by atoms with Crippen molar-refractivity contribution >= 4 is 33.0 Å². The molecule has 0 spiro atoms. The molecule has 1 aliphatic rings. The maximum atomic E-state index is 12.9. The first kappa shape index (κ1) is 17.3. The van der Waals surface area contributed by atoms with Gasteiger partial charge >= 0.3 is 0 Å². The quantitative estimate of drug-likeness (QED) is 0.710. The summed E-state index contributed by atoms with van der Waals surface area (Å²) < 4.78 is 4.32. The molecule has 4 rings (SSSR count). The zero-order valence-electron chi connectivity index (χ0n) is 15.5. The van der Waals surface area contributed by atoms with E-state index in [2.05, 4.69) is 25.0 Å². The van der Waals surface area contributed by atoms with Crippen LogP contribution < -0.4 is 5.56 Å². The molecule has 6 nitrogen and oxygen atoms in total. The molecule has 1 aliphatic heterocycles. The highest BCUT2D eigenvalue weighted by molar-refractivity contribution is 7.19. The summed E-state index contributed by atoms with van der Waals surface area (Å²) in [5, 5.41) is 4.44. The summed E-state index contributed by atoms with van der Waals surface area (Å²) in [4.78, 5) is 28.9. The Morgan fingerprint density at radius 1 is 1.27 bits per heavy atom. The van der Waals surface area contributed by atoms with Crippen LogP contribution in [0.5, 0.6) is 0 Å². The van der Waals surface area contributed by atoms with Gasteiger partial charge < -0.3 is 4.90 Å². The number of piperidine rings is 1. The molecule has 0 aliphatic carbocycles. The second kappa shape index (κ2) is 6.54. The fourth-order valence-electron chi connectivity index (χ4n) is 4.10. The van der Waals surface area contributed by atoms with Gasteiger partial charge in [0.05, 0.1) is 10.2 Å². The van der Waals surface area contributed by atoms with Gasteiger partial charge in [-0.1, -0.05) is 6.92 Å². The molecule has 3 aromatic heterocycles. The van der Waals surface area contributed by atoms with Crippen molar-refractivity contribution < 1.29 is 4.79 Å². The molecule has 0 radical (unpaired) electrons. The number of hydrogen-bond donors (Lipinski definition) is 0. The van der Waals surface area contributed by atoms with Crippen LogP contribution in [0.4, 0.5) is 0 Å². The first-order valence-electron chi connectivity index (χ1n) is 9.28. The maximum Gasteiger partial charge on any atom is 0.291 e. The van der Waals surface area contributed by atoms with E-state index in [-0.39, 0.29) is 18.0 Å². The average Bonchev–Trinajstić information content (AvgIpc) is 3.15. The minimum Gasteiger partial charge on any atom is -0.338 e. The number of likely N-dealkylation sites (tertiary alicyclic amines) is 1. The number of thiophene rings is 1. The molecule has 3 aromatic rings. The Bertz CT molecular complexity index is 1050. The molecule has 1 saturated heterocycles. The van der Waals surface area contributed by atoms with E-state index in [9.17, 15) is 9.59 Å². The molecule has 0 bridgehead atoms. The number of amides is 1. The first-order chi connectivity index (χ1) is 12.5. The molecule has 138 valence electrons. The highest BCUT2D eigenvalue weighted by Gasteiger charge is 2.26. The van der Waals surface area contributed by atoms with E-state index in [1.54, 1.807) is 11.3 Å². The average molecular weight is 372 g/mol. The van der Waals surface area contributed by atoms with Gasteiger partial charge in [0.25, 0.3) is 5.56 Å². The lowest BCUT2D eigenvalue weighted by molar-refractivity contribution is -0.135. The summed E-state index contributed by atoms with van der Waals surface area (Å²) in [6, 6.07) is 4.29. The Kier molecular flexibility index (Phi) is 4.34. The van der Waals surface area contributed by atoms with Crippen LogP contribution in [0, 0.1) is 13.8 Å². The van der Waals surface area contributed by atoms with E-state index in [0.717, 1.165) is 41.8 Å². The Labute approximate surface area is 156 Å². The zero-order chi connectivity index (χ0) is 18.4. The Balaban J connectivity index is 1.71. The van der Waals surface area contributed by atoms with E-state index in [1.165, 1.54) is 16.0 Å². The van der Waals surface area contributed by atoms with Crippen molar-refractivity contribution in [2.24, 2.45) is 0 Å². The third-order valence-electron chi connectivity index (χ3n) is 5.36. The van der Waals surface area contributed by atoms with Gasteiger partial charge in [-0.15, -0.1) is 11.3 Å². The smallest absolute Gasteiger partial charge is 0.291 e. The number of nitrogens with zero attached hydrogens (tertiary/aromatic N) is 4. The fourth-order valence-corrected chi connectivity index (χ4v) is 5.04. The molecule has 1 fully saturated rings. The summed E-state index contributed by atoms with van der Waals surface area (Å²) in [7, 11) is 0. The van der Waals surface area contributed by atoms with Crippen molar-refractivity contribution in [1.29, 1.82) is 0 Å². The molecule has 1 amide bonds. The summed E-state index contributed by atoms with van der Waals surface area (Å²) in [5.74, 6) is 0.727. The third-order valence-corrected chi connectivity index (χ3v) is 6.35. The second-order valence-electron chi connectivity index (χ2n) is 7.13. The van der Waals surface area contributed by atoms with Crippen LogP contribution in [-0.4, -0.2) is 37.6 Å². The van der Waals surface area contributed by atoms with E-state index in [1.807, 2.05) is 22.3 Å². The minimum atomic E-state index is -0.199. The van der Waals surface area contributed by atoms with Gasteiger partial charge in [0, 0.05) is 17.5 Å². The van der Waals surface area contributed by atoms with Gasteiger partial charge in [0.1, 0.15) is 17.9 Å². The normalized spacial score (nSPS) is 18.1. The van der Waals surface area contributed by atoms with Crippen molar-refractivity contribution in [2.45, 2.75) is 59.0 Å². The molecular weight excluding hydrogens is 348 g/mol. The molecule has 0 saturated carbocycles. The Morgan fingerprint density at radius 2 is 2.08 bits per heavy atom. The predicted octanol–water partition coefficient (Wildman–Crippen LogP) is 3.12. The van der Waals surface area contributed by atoms with E-state index < -0.39 is 0 Å². The van der Waals surface area contributed by atoms with Gasteiger partial charge in [-0.25, -0.2) is 4.68 Å². The van der Waals surface area contributed by atoms with Crippen LogP contribution in [0.25, 0.3) is 15.7 Å². The lowest BCUT2D eigenvalue weighted by atomic mass is 10.00. The molecule has 1 unspecified atom stereocenters. The van der Waals surface area contributed by atoms with Crippen molar-refractivity contribution in [3.05, 3.63) is 33.2 Å². The van der Waals surface area contributed by atoms with Crippen LogP contribution in [0.2, 0.25) is 0 Å². The van der Waals surface area contributed by atoms with Crippen molar-refractivity contribution in [3.8, 4) is 0 Å². The van der Waals surface area contributed by atoms with Gasteiger partial charge in [0.2, 0.25) is 5.91 Å². The summed E-state index contributed by atoms with van der Waals surface area (Å²) in [5.41, 5.74) is 1.41. The molecule has 1 atom stereocenters. The highest BCUT2D eigenvalue weighted by atomic mass is 32.1. The minimum absolute atomic E-state index is 0.000822. The van der Waals surface area contributed by atoms with Crippen LogP contribution in [0.15, 0.2) is 16.9 Å². The predicted molar refractivity (Wildman–Crippen MR) is 104 cm³/mol. The largest absolute Gasteiger partial charge is 0.338 e. The number of aryl methyl sites for hydroxylation is 2. The van der Waals surface area contributed by atoms with E-state index in [4.69, 9.17) is 0 Å². The maximum absolute atomic E-state index is 12.9. The van der Waals surface area contributed by atoms with Crippen LogP contribution >= 0.6 is 11.3 Å². The number of fused-ring (bicyclic) bond motifs is 3. The summed E-state index contributed by atoms with van der Waals surface area (Å²) in [6.45, 7) is 6.86. The standard InChI is InChI=1S/C19H24N4O2S/c1-4-14-7-5-6-8-21(14)18(24)11-22-19(25)16-10-17-15(9-12(2)26-17)23(16)13(3)20-22/h9-10,14H,4-8,11H2,1-3H3. The lowest BCUT2D eigenvalue weighted by Gasteiger charge is -2.35. The SMILES string of the molecule is CCC1CCCCN1C(=O)Cn1nc(C)n2c(cc3sc(C)cc32)c1=O. The molecule has 0 N–H and O–H groups in total. The van der Waals surface area contributed by atoms with Crippen LogP contribution in [-0.2, 0) is 11.3 Å².